The van der Waals surface area contributed by atoms with Crippen molar-refractivity contribution in [3.63, 3.8) is 0 Å². The Labute approximate surface area is 319 Å². The molecule has 8 aromatic carbocycles. The molecule has 0 N–H and O–H groups in total. The Balaban J connectivity index is 1.19. The van der Waals surface area contributed by atoms with Gasteiger partial charge in [-0.15, -0.1) is 0 Å². The second-order valence-corrected chi connectivity index (χ2v) is 13.9. The third-order valence-corrected chi connectivity index (χ3v) is 10.8. The van der Waals surface area contributed by atoms with Gasteiger partial charge in [0.05, 0.1) is 12.0 Å². The van der Waals surface area contributed by atoms with Crippen molar-refractivity contribution in [3.8, 4) is 56.4 Å². The fourth-order valence-electron chi connectivity index (χ4n) is 8.35. The molecule has 4 heteroatoms. The van der Waals surface area contributed by atoms with Crippen molar-refractivity contribution in [1.29, 1.82) is 0 Å². The number of aromatic nitrogens is 3. The van der Waals surface area contributed by atoms with Crippen molar-refractivity contribution in [2.75, 3.05) is 0 Å². The highest BCUT2D eigenvalue weighted by atomic mass is 15.0. The van der Waals surface area contributed by atoms with Crippen molar-refractivity contribution in [3.05, 3.63) is 228 Å². The summed E-state index contributed by atoms with van der Waals surface area (Å²) in [6, 6.07) is 67.6. The molecule has 1 aliphatic rings. The lowest BCUT2D eigenvalue weighted by molar-refractivity contribution is 0.769. The van der Waals surface area contributed by atoms with E-state index >= 15 is 0 Å². The Hall–Kier alpha value is -7.48. The van der Waals surface area contributed by atoms with Gasteiger partial charge < -0.3 is 0 Å². The van der Waals surface area contributed by atoms with Crippen LogP contribution in [-0.4, -0.2) is 15.0 Å². The van der Waals surface area contributed by atoms with E-state index < -0.39 is 5.41 Å². The molecular formula is C51H32N4. The first-order valence-corrected chi connectivity index (χ1v) is 18.4. The second kappa shape index (κ2) is 13.2. The molecule has 0 bridgehead atoms. The summed E-state index contributed by atoms with van der Waals surface area (Å²) in [4.78, 5) is 19.1. The number of rotatable bonds is 6. The van der Waals surface area contributed by atoms with E-state index in [-0.39, 0.29) is 0 Å². The zero-order valence-corrected chi connectivity index (χ0v) is 29.8. The van der Waals surface area contributed by atoms with Crippen molar-refractivity contribution in [2.45, 2.75) is 5.41 Å². The summed E-state index contributed by atoms with van der Waals surface area (Å²) in [6.45, 7) is 7.96. The van der Waals surface area contributed by atoms with Gasteiger partial charge in [-0.05, 0) is 73.5 Å². The molecule has 1 aromatic heterocycles. The molecule has 9 aromatic rings. The quantitative estimate of drug-likeness (QED) is 0.162. The molecule has 0 amide bonds. The summed E-state index contributed by atoms with van der Waals surface area (Å²) in [6.07, 6.45) is 0. The molecule has 0 saturated heterocycles. The molecular weight excluding hydrogens is 669 g/mol. The van der Waals surface area contributed by atoms with E-state index in [0.29, 0.717) is 23.2 Å². The summed E-state index contributed by atoms with van der Waals surface area (Å²) < 4.78 is 0. The van der Waals surface area contributed by atoms with E-state index in [1.807, 2.05) is 36.4 Å². The highest BCUT2D eigenvalue weighted by molar-refractivity contribution is 5.97. The van der Waals surface area contributed by atoms with Gasteiger partial charge in [0.1, 0.15) is 0 Å². The van der Waals surface area contributed by atoms with E-state index in [1.54, 1.807) is 0 Å². The van der Waals surface area contributed by atoms with Crippen LogP contribution in [0.3, 0.4) is 0 Å². The number of hydrogen-bond acceptors (Lipinski definition) is 3. The minimum Gasteiger partial charge on any atom is -0.238 e. The lowest BCUT2D eigenvalue weighted by atomic mass is 9.67. The molecule has 1 aliphatic carbocycles. The fraction of sp³-hybridized carbons (Fsp3) is 0.0196. The van der Waals surface area contributed by atoms with E-state index in [2.05, 4.69) is 163 Å². The van der Waals surface area contributed by atoms with Crippen LogP contribution in [0.1, 0.15) is 22.3 Å². The van der Waals surface area contributed by atoms with Gasteiger partial charge in [-0.25, -0.2) is 19.8 Å². The Morgan fingerprint density at radius 2 is 0.945 bits per heavy atom. The third-order valence-electron chi connectivity index (χ3n) is 10.8. The maximum Gasteiger partial charge on any atom is 0.187 e. The van der Waals surface area contributed by atoms with E-state index in [1.165, 1.54) is 27.6 Å². The predicted molar refractivity (Wildman–Crippen MR) is 223 cm³/mol. The summed E-state index contributed by atoms with van der Waals surface area (Å²) in [5.74, 6) is 1.85. The first-order valence-electron chi connectivity index (χ1n) is 18.4. The maximum absolute atomic E-state index is 7.96. The molecule has 0 saturated carbocycles. The molecule has 4 nitrogen and oxygen atoms in total. The predicted octanol–water partition coefficient (Wildman–Crippen LogP) is 12.6. The molecule has 10 rings (SSSR count). The molecule has 0 unspecified atom stereocenters. The van der Waals surface area contributed by atoms with Gasteiger partial charge in [-0.1, -0.05) is 176 Å². The Morgan fingerprint density at radius 1 is 0.382 bits per heavy atom. The minimum absolute atomic E-state index is 0.574. The standard InChI is InChI=1S/C51H32N4/c1-52-42-29-30-45-44(33-42)47-43(25-14-26-46(47)51(45,40-21-7-3-8-22-40)41-23-9-4-10-24-41)37-19-13-20-38(32-37)49-53-48(35-16-5-2-6-17-35)54-50(55-49)39-28-27-34-15-11-12-18-36(34)31-39/h2-33H. The first kappa shape index (κ1) is 32.2. The smallest absolute Gasteiger partial charge is 0.187 e. The van der Waals surface area contributed by atoms with Gasteiger partial charge in [0, 0.05) is 16.7 Å². The van der Waals surface area contributed by atoms with Crippen LogP contribution in [0.5, 0.6) is 0 Å². The van der Waals surface area contributed by atoms with Crippen LogP contribution in [0, 0.1) is 6.57 Å². The van der Waals surface area contributed by atoms with Crippen molar-refractivity contribution >= 4 is 16.5 Å². The molecule has 0 radical (unpaired) electrons. The third kappa shape index (κ3) is 5.33. The summed E-state index contributed by atoms with van der Waals surface area (Å²) in [5, 5.41) is 2.30. The second-order valence-electron chi connectivity index (χ2n) is 13.9. The largest absolute Gasteiger partial charge is 0.238 e. The molecule has 256 valence electrons. The topological polar surface area (TPSA) is 43.0 Å². The van der Waals surface area contributed by atoms with Crippen LogP contribution in [0.25, 0.3) is 72.0 Å². The van der Waals surface area contributed by atoms with Gasteiger partial charge >= 0.3 is 0 Å². The van der Waals surface area contributed by atoms with Gasteiger partial charge in [-0.2, -0.15) is 0 Å². The monoisotopic (exact) mass is 700 g/mol. The maximum atomic E-state index is 7.96. The summed E-state index contributed by atoms with van der Waals surface area (Å²) >= 11 is 0. The van der Waals surface area contributed by atoms with Crippen LogP contribution in [-0.2, 0) is 5.41 Å². The van der Waals surface area contributed by atoms with Crippen LogP contribution < -0.4 is 0 Å². The lowest BCUT2D eigenvalue weighted by Crippen LogP contribution is -2.28. The van der Waals surface area contributed by atoms with E-state index in [4.69, 9.17) is 21.5 Å². The molecule has 55 heavy (non-hydrogen) atoms. The average Bonchev–Trinajstić information content (AvgIpc) is 3.57. The summed E-state index contributed by atoms with van der Waals surface area (Å²) in [7, 11) is 0. The van der Waals surface area contributed by atoms with Gasteiger partial charge in [-0.3, -0.25) is 0 Å². The van der Waals surface area contributed by atoms with Crippen LogP contribution in [0.4, 0.5) is 5.69 Å². The lowest BCUT2D eigenvalue weighted by Gasteiger charge is -2.34. The van der Waals surface area contributed by atoms with E-state index in [9.17, 15) is 0 Å². The molecule has 0 atom stereocenters. The zero-order chi connectivity index (χ0) is 36.8. The SMILES string of the molecule is [C-]#[N+]c1ccc2c(c1)-c1c(-c3cccc(-c4nc(-c5ccccc5)nc(-c5ccc6ccccc6c5)n4)c3)cccc1C2(c1ccccc1)c1ccccc1. The normalized spacial score (nSPS) is 12.5. The Morgan fingerprint density at radius 3 is 1.64 bits per heavy atom. The number of benzene rings is 8. The minimum atomic E-state index is -0.574. The average molecular weight is 701 g/mol. The van der Waals surface area contributed by atoms with Crippen LogP contribution >= 0.6 is 0 Å². The number of fused-ring (bicyclic) bond motifs is 4. The van der Waals surface area contributed by atoms with Crippen molar-refractivity contribution < 1.29 is 0 Å². The van der Waals surface area contributed by atoms with Crippen molar-refractivity contribution in [1.82, 2.24) is 15.0 Å². The first-order chi connectivity index (χ1) is 27.2. The van der Waals surface area contributed by atoms with Gasteiger partial charge in [0.2, 0.25) is 0 Å². The molecule has 0 spiro atoms. The van der Waals surface area contributed by atoms with Gasteiger partial charge in [0.15, 0.2) is 23.2 Å². The number of hydrogen-bond donors (Lipinski definition) is 0. The summed E-state index contributed by atoms with van der Waals surface area (Å²) in [5.41, 5.74) is 11.8. The Bertz CT molecular complexity index is 2890. The molecule has 1 heterocycles. The van der Waals surface area contributed by atoms with Crippen LogP contribution in [0.15, 0.2) is 194 Å². The number of nitrogens with zero attached hydrogens (tertiary/aromatic N) is 4. The highest BCUT2D eigenvalue weighted by Crippen LogP contribution is 2.58. The zero-order valence-electron chi connectivity index (χ0n) is 29.8. The van der Waals surface area contributed by atoms with Gasteiger partial charge in [0.25, 0.3) is 0 Å². The molecule has 0 fully saturated rings. The molecule has 0 aliphatic heterocycles. The Kier molecular flexibility index (Phi) is 7.71. The van der Waals surface area contributed by atoms with Crippen molar-refractivity contribution in [2.24, 2.45) is 0 Å². The van der Waals surface area contributed by atoms with Crippen LogP contribution in [0.2, 0.25) is 0 Å². The fourth-order valence-corrected chi connectivity index (χ4v) is 8.35. The highest BCUT2D eigenvalue weighted by Gasteiger charge is 2.46. The van der Waals surface area contributed by atoms with E-state index in [0.717, 1.165) is 44.3 Å².